The summed E-state index contributed by atoms with van der Waals surface area (Å²) in [6, 6.07) is 4.36. The Morgan fingerprint density at radius 3 is 1.38 bits per heavy atom. The maximum Gasteiger partial charge on any atom is 0.372 e. The molecule has 0 amide bonds. The van der Waals surface area contributed by atoms with Crippen LogP contribution in [0.25, 0.3) is 0 Å². The molecule has 4 saturated carbocycles. The van der Waals surface area contributed by atoms with Crippen LogP contribution in [0.1, 0.15) is 194 Å². The van der Waals surface area contributed by atoms with Crippen LogP contribution in [0, 0.1) is 47.3 Å². The molecule has 4 fully saturated rings. The lowest BCUT2D eigenvalue weighted by Crippen LogP contribution is -2.30. The molecule has 4 aliphatic carbocycles. The van der Waals surface area contributed by atoms with E-state index >= 15 is 0 Å². The SMILES string of the molecule is C=C(F)C(=O)Oc1cc(OC(=O)C2CCC(C3CCC(CCCCCCC)CC3)CC2)ccc1OC(=O)C1CCC(C2CCC(CCCCCCC)CC2)CC1. The highest BCUT2D eigenvalue weighted by Crippen LogP contribution is 2.45. The van der Waals surface area contributed by atoms with Gasteiger partial charge in [0.25, 0.3) is 0 Å². The fourth-order valence-electron chi connectivity index (χ4n) is 10.9. The minimum Gasteiger partial charge on any atom is -0.426 e. The summed E-state index contributed by atoms with van der Waals surface area (Å²) in [6.07, 6.45) is 34.3. The molecule has 1 aromatic rings. The van der Waals surface area contributed by atoms with Gasteiger partial charge in [0.1, 0.15) is 5.75 Å². The zero-order valence-corrected chi connectivity index (χ0v) is 35.2. The minimum absolute atomic E-state index is 0.00580. The van der Waals surface area contributed by atoms with Gasteiger partial charge in [0.05, 0.1) is 11.8 Å². The Labute approximate surface area is 338 Å². The Hall–Kier alpha value is -2.70. The normalized spacial score (nSPS) is 28.3. The van der Waals surface area contributed by atoms with Gasteiger partial charge in [0.15, 0.2) is 11.5 Å². The van der Waals surface area contributed by atoms with Crippen LogP contribution in [-0.2, 0) is 14.4 Å². The molecule has 0 radical (unpaired) electrons. The minimum atomic E-state index is -1.28. The molecular formula is C49H75FO6. The van der Waals surface area contributed by atoms with Gasteiger partial charge in [0.2, 0.25) is 5.83 Å². The van der Waals surface area contributed by atoms with Gasteiger partial charge in [-0.2, -0.15) is 4.39 Å². The molecule has 4 aliphatic rings. The third kappa shape index (κ3) is 14.0. The third-order valence-electron chi connectivity index (χ3n) is 14.5. The second-order valence-corrected chi connectivity index (χ2v) is 18.4. The molecule has 0 N–H and O–H groups in total. The Balaban J connectivity index is 1.05. The van der Waals surface area contributed by atoms with E-state index in [1.54, 1.807) is 6.07 Å². The predicted molar refractivity (Wildman–Crippen MR) is 222 cm³/mol. The van der Waals surface area contributed by atoms with Crippen molar-refractivity contribution in [3.63, 3.8) is 0 Å². The van der Waals surface area contributed by atoms with Crippen LogP contribution in [-0.4, -0.2) is 17.9 Å². The summed E-state index contributed by atoms with van der Waals surface area (Å²) in [6.45, 7) is 7.59. The molecule has 0 unspecified atom stereocenters. The standard InChI is InChI=1S/C49H75FO6/c1-4-6-8-10-12-14-36-16-20-38(21-17-36)40-24-28-42(29-25-40)48(52)54-44-32-33-45(46(34-44)56-47(51)35(3)50)55-49(53)43-30-26-41(27-31-43)39-22-18-37(19-23-39)15-13-11-9-7-5-2/h32-34,36-43H,3-31H2,1-2H3. The Morgan fingerprint density at radius 1 is 0.536 bits per heavy atom. The van der Waals surface area contributed by atoms with E-state index in [0.717, 1.165) is 75.0 Å². The highest BCUT2D eigenvalue weighted by Gasteiger charge is 2.36. The summed E-state index contributed by atoms with van der Waals surface area (Å²) < 4.78 is 30.6. The molecule has 0 aromatic heterocycles. The number of ether oxygens (including phenoxy) is 3. The molecule has 56 heavy (non-hydrogen) atoms. The van der Waals surface area contributed by atoms with E-state index < -0.39 is 11.8 Å². The molecule has 0 spiro atoms. The molecule has 314 valence electrons. The lowest BCUT2D eigenvalue weighted by Gasteiger charge is -2.37. The molecule has 5 rings (SSSR count). The van der Waals surface area contributed by atoms with Gasteiger partial charge < -0.3 is 14.2 Å². The molecule has 0 heterocycles. The quantitative estimate of drug-likeness (QED) is 0.0568. The van der Waals surface area contributed by atoms with Gasteiger partial charge in [-0.15, -0.1) is 0 Å². The first-order valence-corrected chi connectivity index (χ1v) is 23.4. The third-order valence-corrected chi connectivity index (χ3v) is 14.5. The van der Waals surface area contributed by atoms with Crippen LogP contribution in [0.5, 0.6) is 17.2 Å². The van der Waals surface area contributed by atoms with Gasteiger partial charge >= 0.3 is 17.9 Å². The van der Waals surface area contributed by atoms with Gasteiger partial charge in [-0.1, -0.05) is 123 Å². The van der Waals surface area contributed by atoms with E-state index in [-0.39, 0.29) is 41.0 Å². The fraction of sp³-hybridized carbons (Fsp3) is 0.776. The summed E-state index contributed by atoms with van der Waals surface area (Å²) in [5.74, 6) is 1.02. The molecule has 7 heteroatoms. The largest absolute Gasteiger partial charge is 0.426 e. The van der Waals surface area contributed by atoms with Gasteiger partial charge in [0, 0.05) is 6.07 Å². The van der Waals surface area contributed by atoms with Crippen LogP contribution in [0.15, 0.2) is 30.6 Å². The van der Waals surface area contributed by atoms with Crippen LogP contribution in [0.3, 0.4) is 0 Å². The molecule has 1 aromatic carbocycles. The Kier molecular flexibility index (Phi) is 18.7. The van der Waals surface area contributed by atoms with Crippen molar-refractivity contribution in [1.82, 2.24) is 0 Å². The van der Waals surface area contributed by atoms with Gasteiger partial charge in [-0.05, 0) is 125 Å². The molecule has 0 bridgehead atoms. The number of unbranched alkanes of at least 4 members (excludes halogenated alkanes) is 8. The molecule has 0 saturated heterocycles. The number of esters is 3. The van der Waals surface area contributed by atoms with E-state index in [1.807, 2.05) is 0 Å². The second kappa shape index (κ2) is 23.6. The van der Waals surface area contributed by atoms with Crippen molar-refractivity contribution < 1.29 is 33.0 Å². The van der Waals surface area contributed by atoms with Gasteiger partial charge in [-0.3, -0.25) is 9.59 Å². The van der Waals surface area contributed by atoms with Crippen LogP contribution in [0.2, 0.25) is 0 Å². The van der Waals surface area contributed by atoms with Gasteiger partial charge in [-0.25, -0.2) is 4.79 Å². The summed E-state index contributed by atoms with van der Waals surface area (Å²) in [4.78, 5) is 38.9. The Morgan fingerprint density at radius 2 is 0.946 bits per heavy atom. The maximum absolute atomic E-state index is 13.7. The predicted octanol–water partition coefficient (Wildman–Crippen LogP) is 13.8. The number of halogens is 1. The molecule has 0 aliphatic heterocycles. The topological polar surface area (TPSA) is 78.9 Å². The number of carbonyl (C=O) groups is 3. The second-order valence-electron chi connectivity index (χ2n) is 18.4. The highest BCUT2D eigenvalue weighted by atomic mass is 19.1. The van der Waals surface area contributed by atoms with E-state index in [4.69, 9.17) is 14.2 Å². The van der Waals surface area contributed by atoms with E-state index in [9.17, 15) is 18.8 Å². The van der Waals surface area contributed by atoms with Crippen molar-refractivity contribution in [3.8, 4) is 17.2 Å². The summed E-state index contributed by atoms with van der Waals surface area (Å²) in [7, 11) is 0. The first-order valence-electron chi connectivity index (χ1n) is 23.4. The zero-order chi connectivity index (χ0) is 39.7. The fourth-order valence-corrected chi connectivity index (χ4v) is 10.9. The molecule has 6 nitrogen and oxygen atoms in total. The van der Waals surface area contributed by atoms with Crippen molar-refractivity contribution in [1.29, 1.82) is 0 Å². The van der Waals surface area contributed by atoms with Crippen molar-refractivity contribution >= 4 is 17.9 Å². The number of hydrogen-bond donors (Lipinski definition) is 0. The lowest BCUT2D eigenvalue weighted by atomic mass is 9.68. The number of rotatable bonds is 20. The summed E-state index contributed by atoms with van der Waals surface area (Å²) >= 11 is 0. The number of carbonyl (C=O) groups excluding carboxylic acids is 3. The van der Waals surface area contributed by atoms with E-state index in [1.165, 1.54) is 141 Å². The van der Waals surface area contributed by atoms with Crippen LogP contribution >= 0.6 is 0 Å². The van der Waals surface area contributed by atoms with Crippen LogP contribution < -0.4 is 14.2 Å². The average Bonchev–Trinajstić information content (AvgIpc) is 3.22. The first-order chi connectivity index (χ1) is 27.2. The Bertz CT molecular complexity index is 1360. The number of hydrogen-bond acceptors (Lipinski definition) is 6. The van der Waals surface area contributed by atoms with Crippen molar-refractivity contribution in [2.24, 2.45) is 47.3 Å². The maximum atomic E-state index is 13.7. The monoisotopic (exact) mass is 779 g/mol. The number of benzene rings is 1. The average molecular weight is 779 g/mol. The first kappa shape index (κ1) is 44.4. The summed E-state index contributed by atoms with van der Waals surface area (Å²) in [5, 5.41) is 0. The highest BCUT2D eigenvalue weighted by molar-refractivity contribution is 5.88. The molecular weight excluding hydrogens is 704 g/mol. The zero-order valence-electron chi connectivity index (χ0n) is 35.2. The lowest BCUT2D eigenvalue weighted by molar-refractivity contribution is -0.142. The van der Waals surface area contributed by atoms with Crippen molar-refractivity contribution in [3.05, 3.63) is 30.6 Å². The summed E-state index contributed by atoms with van der Waals surface area (Å²) in [5.41, 5.74) is 0. The van der Waals surface area contributed by atoms with Crippen molar-refractivity contribution in [2.45, 2.75) is 194 Å². The van der Waals surface area contributed by atoms with E-state index in [2.05, 4.69) is 20.4 Å². The van der Waals surface area contributed by atoms with Crippen molar-refractivity contribution in [2.75, 3.05) is 0 Å². The van der Waals surface area contributed by atoms with E-state index in [0.29, 0.717) is 11.8 Å². The molecule has 0 atom stereocenters. The van der Waals surface area contributed by atoms with Crippen LogP contribution in [0.4, 0.5) is 4.39 Å². The smallest absolute Gasteiger partial charge is 0.372 e.